The molecule has 1 aliphatic heterocycles. The van der Waals surface area contributed by atoms with Gasteiger partial charge in [0.2, 0.25) is 0 Å². The van der Waals surface area contributed by atoms with Crippen molar-refractivity contribution in [1.29, 1.82) is 0 Å². The fourth-order valence-electron chi connectivity index (χ4n) is 2.18. The van der Waals surface area contributed by atoms with E-state index in [-0.39, 0.29) is 12.8 Å². The van der Waals surface area contributed by atoms with Gasteiger partial charge in [0, 0.05) is 17.8 Å². The van der Waals surface area contributed by atoms with Crippen molar-refractivity contribution in [3.8, 4) is 0 Å². The third-order valence-electron chi connectivity index (χ3n) is 3.21. The number of aromatic nitrogens is 1. The van der Waals surface area contributed by atoms with E-state index < -0.39 is 12.1 Å². The second kappa shape index (κ2) is 5.45. The van der Waals surface area contributed by atoms with Crippen LogP contribution in [0.1, 0.15) is 18.5 Å². The third kappa shape index (κ3) is 3.59. The van der Waals surface area contributed by atoms with Gasteiger partial charge >= 0.3 is 6.18 Å². The quantitative estimate of drug-likeness (QED) is 0.823. The van der Waals surface area contributed by atoms with Crippen molar-refractivity contribution in [2.45, 2.75) is 25.6 Å². The van der Waals surface area contributed by atoms with E-state index in [9.17, 15) is 13.2 Å². The van der Waals surface area contributed by atoms with E-state index in [4.69, 9.17) is 11.6 Å². The van der Waals surface area contributed by atoms with Crippen molar-refractivity contribution >= 4 is 11.6 Å². The molecular formula is C12H14ClF3N2. The van der Waals surface area contributed by atoms with Crippen LogP contribution in [0.15, 0.2) is 18.3 Å². The molecule has 0 aromatic carbocycles. The van der Waals surface area contributed by atoms with Gasteiger partial charge < -0.3 is 0 Å². The number of hydrogen-bond donors (Lipinski definition) is 0. The Balaban J connectivity index is 1.87. The monoisotopic (exact) mass is 278 g/mol. The van der Waals surface area contributed by atoms with E-state index in [0.717, 1.165) is 5.69 Å². The van der Waals surface area contributed by atoms with Gasteiger partial charge in [-0.2, -0.15) is 13.2 Å². The molecule has 1 aliphatic rings. The first-order valence-corrected chi connectivity index (χ1v) is 6.22. The van der Waals surface area contributed by atoms with E-state index in [1.54, 1.807) is 18.3 Å². The van der Waals surface area contributed by atoms with Gasteiger partial charge in [-0.3, -0.25) is 9.88 Å². The Hall–Kier alpha value is -0.810. The second-order valence-corrected chi connectivity index (χ2v) is 4.99. The maximum atomic E-state index is 12.5. The minimum Gasteiger partial charge on any atom is -0.297 e. The minimum atomic E-state index is -4.06. The molecule has 0 radical (unpaired) electrons. The molecule has 18 heavy (non-hydrogen) atoms. The molecule has 100 valence electrons. The predicted molar refractivity (Wildman–Crippen MR) is 63.3 cm³/mol. The third-order valence-corrected chi connectivity index (χ3v) is 3.45. The molecule has 0 unspecified atom stereocenters. The van der Waals surface area contributed by atoms with Crippen LogP contribution < -0.4 is 0 Å². The standard InChI is InChI=1S/C12H14ClF3N2/c13-10-1-4-17-11(7-10)8-18-5-2-9(3-6-18)12(14,15)16/h1,4,7,9H,2-3,5-6,8H2. The first-order chi connectivity index (χ1) is 8.45. The normalized spacial score (nSPS) is 19.1. The number of nitrogens with zero attached hydrogens (tertiary/aromatic N) is 2. The fraction of sp³-hybridized carbons (Fsp3) is 0.583. The van der Waals surface area contributed by atoms with Crippen molar-refractivity contribution in [3.63, 3.8) is 0 Å². The van der Waals surface area contributed by atoms with Crippen LogP contribution in [0, 0.1) is 5.92 Å². The molecule has 0 spiro atoms. The summed E-state index contributed by atoms with van der Waals surface area (Å²) in [5.74, 6) is -1.15. The van der Waals surface area contributed by atoms with Crippen molar-refractivity contribution in [1.82, 2.24) is 9.88 Å². The van der Waals surface area contributed by atoms with Crippen LogP contribution in [0.25, 0.3) is 0 Å². The first-order valence-electron chi connectivity index (χ1n) is 5.84. The Morgan fingerprint density at radius 1 is 1.33 bits per heavy atom. The van der Waals surface area contributed by atoms with Gasteiger partial charge in [0.15, 0.2) is 0 Å². The smallest absolute Gasteiger partial charge is 0.297 e. The Morgan fingerprint density at radius 3 is 2.56 bits per heavy atom. The van der Waals surface area contributed by atoms with Gasteiger partial charge in [-0.05, 0) is 38.1 Å². The zero-order valence-corrected chi connectivity index (χ0v) is 10.5. The first kappa shape index (κ1) is 13.6. The molecule has 1 saturated heterocycles. The predicted octanol–water partition coefficient (Wildman–Crippen LogP) is 3.51. The molecule has 2 rings (SSSR count). The summed E-state index contributed by atoms with van der Waals surface area (Å²) in [6.07, 6.45) is -2.10. The molecule has 0 N–H and O–H groups in total. The summed E-state index contributed by atoms with van der Waals surface area (Å²) in [4.78, 5) is 6.14. The van der Waals surface area contributed by atoms with Crippen LogP contribution in [0.4, 0.5) is 13.2 Å². The summed E-state index contributed by atoms with van der Waals surface area (Å²) in [5.41, 5.74) is 0.799. The highest BCUT2D eigenvalue weighted by molar-refractivity contribution is 6.30. The van der Waals surface area contributed by atoms with E-state index >= 15 is 0 Å². The topological polar surface area (TPSA) is 16.1 Å². The molecule has 0 aliphatic carbocycles. The summed E-state index contributed by atoms with van der Waals surface area (Å²) >= 11 is 5.84. The van der Waals surface area contributed by atoms with Crippen LogP contribution >= 0.6 is 11.6 Å². The van der Waals surface area contributed by atoms with Crippen molar-refractivity contribution in [3.05, 3.63) is 29.0 Å². The van der Waals surface area contributed by atoms with E-state index in [1.807, 2.05) is 4.90 Å². The van der Waals surface area contributed by atoms with Crippen LogP contribution in [0.3, 0.4) is 0 Å². The van der Waals surface area contributed by atoms with Gasteiger partial charge in [-0.15, -0.1) is 0 Å². The molecule has 0 amide bonds. The highest BCUT2D eigenvalue weighted by Gasteiger charge is 2.40. The highest BCUT2D eigenvalue weighted by atomic mass is 35.5. The van der Waals surface area contributed by atoms with Gasteiger partial charge in [0.1, 0.15) is 0 Å². The minimum absolute atomic E-state index is 0.171. The molecule has 2 heterocycles. The lowest BCUT2D eigenvalue weighted by molar-refractivity contribution is -0.185. The number of rotatable bonds is 2. The maximum Gasteiger partial charge on any atom is 0.391 e. The van der Waals surface area contributed by atoms with Crippen molar-refractivity contribution in [2.24, 2.45) is 5.92 Å². The van der Waals surface area contributed by atoms with Crippen molar-refractivity contribution < 1.29 is 13.2 Å². The molecule has 1 aromatic heterocycles. The van der Waals surface area contributed by atoms with E-state index in [0.29, 0.717) is 24.7 Å². The summed E-state index contributed by atoms with van der Waals surface area (Å²) in [7, 11) is 0. The van der Waals surface area contributed by atoms with E-state index in [2.05, 4.69) is 4.98 Å². The average Bonchev–Trinajstić information content (AvgIpc) is 2.28. The largest absolute Gasteiger partial charge is 0.391 e. The van der Waals surface area contributed by atoms with Gasteiger partial charge in [0.05, 0.1) is 11.6 Å². The molecule has 0 atom stereocenters. The molecule has 1 fully saturated rings. The number of likely N-dealkylation sites (tertiary alicyclic amines) is 1. The Bertz CT molecular complexity index is 401. The molecule has 2 nitrogen and oxygen atoms in total. The maximum absolute atomic E-state index is 12.5. The van der Waals surface area contributed by atoms with Crippen LogP contribution in [0.5, 0.6) is 0 Å². The molecule has 1 aromatic rings. The Morgan fingerprint density at radius 2 is 2.00 bits per heavy atom. The van der Waals surface area contributed by atoms with E-state index in [1.165, 1.54) is 0 Å². The zero-order valence-electron chi connectivity index (χ0n) is 9.75. The highest BCUT2D eigenvalue weighted by Crippen LogP contribution is 2.34. The summed E-state index contributed by atoms with van der Waals surface area (Å²) in [5, 5.41) is 0.602. The lowest BCUT2D eigenvalue weighted by Crippen LogP contribution is -2.38. The molecule has 6 heteroatoms. The summed E-state index contributed by atoms with van der Waals surface area (Å²) < 4.78 is 37.5. The van der Waals surface area contributed by atoms with Gasteiger partial charge in [-0.1, -0.05) is 11.6 Å². The number of hydrogen-bond acceptors (Lipinski definition) is 2. The SMILES string of the molecule is FC(F)(F)C1CCN(Cc2cc(Cl)ccn2)CC1. The molecule has 0 saturated carbocycles. The number of alkyl halides is 3. The van der Waals surface area contributed by atoms with Gasteiger partial charge in [0.25, 0.3) is 0 Å². The molecule has 0 bridgehead atoms. The average molecular weight is 279 g/mol. The van der Waals surface area contributed by atoms with Crippen molar-refractivity contribution in [2.75, 3.05) is 13.1 Å². The Labute approximate surface area is 109 Å². The summed E-state index contributed by atoms with van der Waals surface area (Å²) in [6.45, 7) is 1.47. The number of halogens is 4. The van der Waals surface area contributed by atoms with Gasteiger partial charge in [-0.25, -0.2) is 0 Å². The zero-order chi connectivity index (χ0) is 13.2. The summed E-state index contributed by atoms with van der Waals surface area (Å²) in [6, 6.07) is 3.43. The van der Waals surface area contributed by atoms with Crippen LogP contribution in [-0.2, 0) is 6.54 Å². The Kier molecular flexibility index (Phi) is 4.12. The second-order valence-electron chi connectivity index (χ2n) is 4.56. The lowest BCUT2D eigenvalue weighted by atomic mass is 9.96. The number of pyridine rings is 1. The number of piperidine rings is 1. The lowest BCUT2D eigenvalue weighted by Gasteiger charge is -2.32. The molecular weight excluding hydrogens is 265 g/mol. The fourth-order valence-corrected chi connectivity index (χ4v) is 2.37. The van der Waals surface area contributed by atoms with Crippen LogP contribution in [-0.4, -0.2) is 29.1 Å². The van der Waals surface area contributed by atoms with Crippen LogP contribution in [0.2, 0.25) is 5.02 Å².